The molecule has 2 unspecified atom stereocenters. The Labute approximate surface area is 75.2 Å². The van der Waals surface area contributed by atoms with Crippen LogP contribution < -0.4 is 5.73 Å². The second kappa shape index (κ2) is 3.00. The van der Waals surface area contributed by atoms with Crippen LogP contribution in [0.4, 0.5) is 0 Å². The molecule has 0 spiro atoms. The summed E-state index contributed by atoms with van der Waals surface area (Å²) < 4.78 is 0. The molecule has 12 heavy (non-hydrogen) atoms. The van der Waals surface area contributed by atoms with Crippen molar-refractivity contribution in [2.75, 3.05) is 6.54 Å². The highest BCUT2D eigenvalue weighted by molar-refractivity contribution is 5.00. The van der Waals surface area contributed by atoms with Crippen molar-refractivity contribution in [3.63, 3.8) is 0 Å². The molecule has 0 radical (unpaired) electrons. The van der Waals surface area contributed by atoms with Crippen molar-refractivity contribution in [1.29, 1.82) is 0 Å². The summed E-state index contributed by atoms with van der Waals surface area (Å²) in [5, 5.41) is 10.1. The summed E-state index contributed by atoms with van der Waals surface area (Å²) in [4.78, 5) is 0. The Bertz CT molecular complexity index is 162. The molecule has 0 aromatic rings. The zero-order valence-corrected chi connectivity index (χ0v) is 8.43. The van der Waals surface area contributed by atoms with Crippen molar-refractivity contribution < 1.29 is 5.11 Å². The topological polar surface area (TPSA) is 46.2 Å². The molecule has 0 aromatic carbocycles. The maximum atomic E-state index is 10.1. The highest BCUT2D eigenvalue weighted by atomic mass is 16.3. The molecule has 0 saturated heterocycles. The third-order valence-corrected chi connectivity index (χ3v) is 3.79. The summed E-state index contributed by atoms with van der Waals surface area (Å²) in [6, 6.07) is 0. The molecule has 0 amide bonds. The van der Waals surface area contributed by atoms with Gasteiger partial charge in [0.15, 0.2) is 0 Å². The van der Waals surface area contributed by atoms with Gasteiger partial charge < -0.3 is 10.8 Å². The minimum absolute atomic E-state index is 0.0347. The Hall–Kier alpha value is -0.0800. The quantitative estimate of drug-likeness (QED) is 0.661. The molecule has 2 heteroatoms. The van der Waals surface area contributed by atoms with Gasteiger partial charge >= 0.3 is 0 Å². The Kier molecular flexibility index (Phi) is 2.50. The molecule has 1 fully saturated rings. The molecule has 0 bridgehead atoms. The summed E-state index contributed by atoms with van der Waals surface area (Å²) in [5.74, 6) is 0.558. The molecular formula is C10H21NO. The van der Waals surface area contributed by atoms with Crippen LogP contribution >= 0.6 is 0 Å². The summed E-state index contributed by atoms with van der Waals surface area (Å²) in [6.07, 6.45) is 3.50. The fourth-order valence-electron chi connectivity index (χ4n) is 2.71. The average Bonchev–Trinajstić information content (AvgIpc) is 2.30. The van der Waals surface area contributed by atoms with Gasteiger partial charge in [0.1, 0.15) is 0 Å². The zero-order chi connectivity index (χ0) is 9.41. The molecular weight excluding hydrogens is 150 g/mol. The van der Waals surface area contributed by atoms with E-state index in [9.17, 15) is 5.11 Å². The van der Waals surface area contributed by atoms with Crippen molar-refractivity contribution in [2.45, 2.75) is 45.6 Å². The number of hydrogen-bond acceptors (Lipinski definition) is 2. The average molecular weight is 171 g/mol. The predicted octanol–water partition coefficient (Wildman–Crippen LogP) is 1.52. The van der Waals surface area contributed by atoms with E-state index in [2.05, 4.69) is 6.92 Å². The van der Waals surface area contributed by atoms with Gasteiger partial charge in [-0.25, -0.2) is 0 Å². The van der Waals surface area contributed by atoms with E-state index < -0.39 is 5.60 Å². The second-order valence-corrected chi connectivity index (χ2v) is 4.71. The van der Waals surface area contributed by atoms with Crippen LogP contribution in [-0.4, -0.2) is 17.3 Å². The van der Waals surface area contributed by atoms with Crippen LogP contribution in [0.25, 0.3) is 0 Å². The van der Waals surface area contributed by atoms with Gasteiger partial charge in [-0.2, -0.15) is 0 Å². The van der Waals surface area contributed by atoms with Gasteiger partial charge in [0, 0.05) is 12.0 Å². The molecule has 0 aliphatic heterocycles. The summed E-state index contributed by atoms with van der Waals surface area (Å²) in [5.41, 5.74) is 5.12. The van der Waals surface area contributed by atoms with Crippen LogP contribution in [0.2, 0.25) is 0 Å². The van der Waals surface area contributed by atoms with Crippen LogP contribution in [0.3, 0.4) is 0 Å². The monoisotopic (exact) mass is 171 g/mol. The van der Waals surface area contributed by atoms with Crippen LogP contribution in [-0.2, 0) is 0 Å². The van der Waals surface area contributed by atoms with E-state index in [1.807, 2.05) is 13.8 Å². The van der Waals surface area contributed by atoms with Crippen LogP contribution in [0, 0.1) is 11.3 Å². The number of nitrogens with two attached hydrogens (primary N) is 1. The summed E-state index contributed by atoms with van der Waals surface area (Å²) in [6.45, 7) is 6.60. The van der Waals surface area contributed by atoms with Gasteiger partial charge in [-0.3, -0.25) is 0 Å². The Morgan fingerprint density at radius 1 is 1.58 bits per heavy atom. The van der Waals surface area contributed by atoms with Crippen molar-refractivity contribution >= 4 is 0 Å². The lowest BCUT2D eigenvalue weighted by Gasteiger charge is -2.43. The minimum Gasteiger partial charge on any atom is -0.390 e. The van der Waals surface area contributed by atoms with Crippen LogP contribution in [0.15, 0.2) is 0 Å². The molecule has 3 N–H and O–H groups in total. The van der Waals surface area contributed by atoms with E-state index >= 15 is 0 Å². The lowest BCUT2D eigenvalue weighted by Crippen LogP contribution is -2.50. The molecule has 0 heterocycles. The summed E-state index contributed by atoms with van der Waals surface area (Å²) in [7, 11) is 0. The van der Waals surface area contributed by atoms with Crippen molar-refractivity contribution in [1.82, 2.24) is 0 Å². The van der Waals surface area contributed by atoms with E-state index in [0.29, 0.717) is 12.5 Å². The standard InChI is InChI=1S/C10H21NO/c1-8-5-4-6-10(8,7-11)9(2,3)12/h8,12H,4-7,11H2,1-3H3. The Morgan fingerprint density at radius 3 is 2.33 bits per heavy atom. The first-order valence-electron chi connectivity index (χ1n) is 4.86. The maximum absolute atomic E-state index is 10.1. The fourth-order valence-corrected chi connectivity index (χ4v) is 2.71. The number of rotatable bonds is 2. The molecule has 72 valence electrons. The third kappa shape index (κ3) is 1.27. The third-order valence-electron chi connectivity index (χ3n) is 3.79. The SMILES string of the molecule is CC1CCCC1(CN)C(C)(C)O. The Balaban J connectivity index is 2.89. The van der Waals surface area contributed by atoms with Crippen molar-refractivity contribution in [3.8, 4) is 0 Å². The van der Waals surface area contributed by atoms with Gasteiger partial charge in [-0.05, 0) is 26.2 Å². The van der Waals surface area contributed by atoms with E-state index in [1.165, 1.54) is 12.8 Å². The van der Waals surface area contributed by atoms with Gasteiger partial charge in [0.2, 0.25) is 0 Å². The van der Waals surface area contributed by atoms with E-state index in [4.69, 9.17) is 5.73 Å². The lowest BCUT2D eigenvalue weighted by atomic mass is 9.67. The molecule has 1 saturated carbocycles. The molecule has 2 atom stereocenters. The predicted molar refractivity (Wildman–Crippen MR) is 50.8 cm³/mol. The normalized spacial score (nSPS) is 37.2. The minimum atomic E-state index is -0.627. The van der Waals surface area contributed by atoms with Gasteiger partial charge in [-0.1, -0.05) is 19.8 Å². The van der Waals surface area contributed by atoms with E-state index in [1.54, 1.807) is 0 Å². The van der Waals surface area contributed by atoms with Crippen molar-refractivity contribution in [2.24, 2.45) is 17.1 Å². The first-order valence-corrected chi connectivity index (χ1v) is 4.86. The highest BCUT2D eigenvalue weighted by Gasteiger charge is 2.49. The zero-order valence-electron chi connectivity index (χ0n) is 8.43. The lowest BCUT2D eigenvalue weighted by molar-refractivity contribution is -0.0693. The molecule has 0 aromatic heterocycles. The summed E-state index contributed by atoms with van der Waals surface area (Å²) >= 11 is 0. The van der Waals surface area contributed by atoms with Crippen molar-refractivity contribution in [3.05, 3.63) is 0 Å². The molecule has 1 aliphatic carbocycles. The van der Waals surface area contributed by atoms with Crippen LogP contribution in [0.5, 0.6) is 0 Å². The van der Waals surface area contributed by atoms with E-state index in [-0.39, 0.29) is 5.41 Å². The van der Waals surface area contributed by atoms with E-state index in [0.717, 1.165) is 6.42 Å². The number of aliphatic hydroxyl groups is 1. The largest absolute Gasteiger partial charge is 0.390 e. The van der Waals surface area contributed by atoms with Gasteiger partial charge in [0.25, 0.3) is 0 Å². The molecule has 1 rings (SSSR count). The first kappa shape index (κ1) is 10.0. The van der Waals surface area contributed by atoms with Crippen LogP contribution in [0.1, 0.15) is 40.0 Å². The van der Waals surface area contributed by atoms with Gasteiger partial charge in [-0.15, -0.1) is 0 Å². The molecule has 1 aliphatic rings. The smallest absolute Gasteiger partial charge is 0.0662 e. The fraction of sp³-hybridized carbons (Fsp3) is 1.00. The first-order chi connectivity index (χ1) is 5.44. The highest BCUT2D eigenvalue weighted by Crippen LogP contribution is 2.49. The molecule has 2 nitrogen and oxygen atoms in total. The number of hydrogen-bond donors (Lipinski definition) is 2. The maximum Gasteiger partial charge on any atom is 0.0662 e. The second-order valence-electron chi connectivity index (χ2n) is 4.71. The Morgan fingerprint density at radius 2 is 2.17 bits per heavy atom. The van der Waals surface area contributed by atoms with Gasteiger partial charge in [0.05, 0.1) is 5.60 Å².